The van der Waals surface area contributed by atoms with Crippen molar-refractivity contribution in [3.05, 3.63) is 71.7 Å². The highest BCUT2D eigenvalue weighted by atomic mass is 19.2. The third-order valence-corrected chi connectivity index (χ3v) is 7.27. The van der Waals surface area contributed by atoms with Gasteiger partial charge in [-0.25, -0.2) is 14.4 Å². The fourth-order valence-electron chi connectivity index (χ4n) is 4.72. The number of nitrogens with zero attached hydrogens (tertiary/aromatic N) is 4. The fraction of sp³-hybridized carbons (Fsp3) is 0.303. The first-order chi connectivity index (χ1) is 24.9. The van der Waals surface area contributed by atoms with Gasteiger partial charge in [0, 0.05) is 48.8 Å². The molecule has 4 rings (SSSR count). The van der Waals surface area contributed by atoms with Crippen molar-refractivity contribution in [3.63, 3.8) is 0 Å². The SMILES string of the molecule is CCc1cc(Nc2nccn3c(-c4ccc(OC)c(F)c4F)cnc23)ccc1C(=O)NC[C@@H](C)CNC(=O)[C@H](N)CCN=C(N)N.O=CO.O=CO. The van der Waals surface area contributed by atoms with Crippen molar-refractivity contribution in [1.29, 1.82) is 0 Å². The highest BCUT2D eigenvalue weighted by Crippen LogP contribution is 2.31. The summed E-state index contributed by atoms with van der Waals surface area (Å²) >= 11 is 0. The fourth-order valence-corrected chi connectivity index (χ4v) is 4.72. The molecule has 280 valence electrons. The van der Waals surface area contributed by atoms with Gasteiger partial charge in [-0.05, 0) is 54.7 Å². The van der Waals surface area contributed by atoms with Crippen molar-refractivity contribution in [3.8, 4) is 17.0 Å². The van der Waals surface area contributed by atoms with Crippen molar-refractivity contribution in [2.75, 3.05) is 32.1 Å². The third kappa shape index (κ3) is 11.6. The number of carbonyl (C=O) groups excluding carboxylic acids is 2. The summed E-state index contributed by atoms with van der Waals surface area (Å²) in [6.45, 7) is 4.24. The van der Waals surface area contributed by atoms with E-state index in [0.717, 1.165) is 5.56 Å². The number of nitrogens with one attached hydrogen (secondary N) is 3. The third-order valence-electron chi connectivity index (χ3n) is 7.27. The van der Waals surface area contributed by atoms with Crippen molar-refractivity contribution in [2.24, 2.45) is 28.1 Å². The summed E-state index contributed by atoms with van der Waals surface area (Å²) in [5.41, 5.74) is 19.1. The topological polar surface area (TPSA) is 275 Å². The van der Waals surface area contributed by atoms with E-state index in [1.807, 2.05) is 19.9 Å². The first-order valence-electron chi connectivity index (χ1n) is 15.6. The maximum Gasteiger partial charge on any atom is 0.290 e. The predicted octanol–water partition coefficient (Wildman–Crippen LogP) is 1.86. The van der Waals surface area contributed by atoms with Gasteiger partial charge in [0.15, 0.2) is 29.0 Å². The minimum atomic E-state index is -1.09. The van der Waals surface area contributed by atoms with Gasteiger partial charge in [0.2, 0.25) is 11.7 Å². The van der Waals surface area contributed by atoms with Crippen LogP contribution in [0.2, 0.25) is 0 Å². The number of ether oxygens (including phenoxy) is 1. The molecule has 0 aliphatic rings. The molecular weight excluding hydrogens is 686 g/mol. The maximum atomic E-state index is 14.8. The monoisotopic (exact) mass is 728 g/mol. The highest BCUT2D eigenvalue weighted by molar-refractivity contribution is 5.96. The number of hydrogen-bond acceptors (Lipinski definition) is 10. The van der Waals surface area contributed by atoms with Gasteiger partial charge in [-0.15, -0.1) is 0 Å². The number of hydrogen-bond donors (Lipinski definition) is 8. The Morgan fingerprint density at radius 3 is 2.37 bits per heavy atom. The Morgan fingerprint density at radius 2 is 1.73 bits per heavy atom. The average Bonchev–Trinajstić information content (AvgIpc) is 3.56. The smallest absolute Gasteiger partial charge is 0.290 e. The van der Waals surface area contributed by atoms with E-state index < -0.39 is 17.7 Å². The summed E-state index contributed by atoms with van der Waals surface area (Å²) in [4.78, 5) is 54.6. The van der Waals surface area contributed by atoms with Gasteiger partial charge < -0.3 is 48.1 Å². The van der Waals surface area contributed by atoms with Gasteiger partial charge in [-0.1, -0.05) is 13.8 Å². The second-order valence-electron chi connectivity index (χ2n) is 10.9. The van der Waals surface area contributed by atoms with Crippen LogP contribution < -0.4 is 37.9 Å². The molecule has 52 heavy (non-hydrogen) atoms. The largest absolute Gasteiger partial charge is 0.494 e. The molecule has 2 atom stereocenters. The number of aromatic nitrogens is 3. The molecule has 0 spiro atoms. The molecule has 2 heterocycles. The Labute approximate surface area is 297 Å². The minimum Gasteiger partial charge on any atom is -0.494 e. The molecule has 0 fully saturated rings. The number of guanidine groups is 1. The summed E-state index contributed by atoms with van der Waals surface area (Å²) in [5, 5.41) is 22.7. The van der Waals surface area contributed by atoms with E-state index in [4.69, 9.17) is 41.7 Å². The molecule has 2 amide bonds. The van der Waals surface area contributed by atoms with Crippen LogP contribution in [0.4, 0.5) is 20.3 Å². The van der Waals surface area contributed by atoms with Crippen LogP contribution in [-0.4, -0.2) is 88.1 Å². The number of aliphatic imine (C=N–C) groups is 1. The zero-order chi connectivity index (χ0) is 38.8. The standard InChI is InChI=1S/C31H38F2N10O3.2CH2O2/c1-4-18-13-19(5-6-20(18)29(44)40-14-17(2)15-41-30(45)22(34)9-10-38-31(35)36)42-27-28-39-16-23(43(28)12-11-37-27)21-7-8-24(46-3)26(33)25(21)32;2*2-1-3/h5-8,11-13,16-17,22H,4,9-10,14-15,34H2,1-3H3,(H,37,42)(H,40,44)(H,41,45)(H4,35,36,38);2*1H,(H,2,3)/t17-,22-;;/m1../s1. The number of imidazole rings is 1. The molecule has 0 aliphatic carbocycles. The predicted molar refractivity (Wildman–Crippen MR) is 189 cm³/mol. The molecule has 0 bridgehead atoms. The number of fused-ring (bicyclic) bond motifs is 1. The molecular formula is C33H42F2N10O7. The number of amides is 2. The second kappa shape index (κ2) is 21.0. The normalized spacial score (nSPS) is 11.3. The second-order valence-corrected chi connectivity index (χ2v) is 10.9. The van der Waals surface area contributed by atoms with Crippen LogP contribution in [-0.2, 0) is 20.8 Å². The van der Waals surface area contributed by atoms with Crippen LogP contribution in [0, 0.1) is 17.6 Å². The van der Waals surface area contributed by atoms with Gasteiger partial charge in [0.25, 0.3) is 18.9 Å². The molecule has 0 radical (unpaired) electrons. The van der Waals surface area contributed by atoms with Crippen molar-refractivity contribution in [1.82, 2.24) is 25.0 Å². The molecule has 19 heteroatoms. The molecule has 17 nitrogen and oxygen atoms in total. The quantitative estimate of drug-likeness (QED) is 0.0524. The van der Waals surface area contributed by atoms with Crippen LogP contribution in [0.3, 0.4) is 0 Å². The Kier molecular flexibility index (Phi) is 16.9. The molecule has 11 N–H and O–H groups in total. The molecule has 0 saturated heterocycles. The van der Waals surface area contributed by atoms with E-state index in [1.54, 1.807) is 22.7 Å². The number of methoxy groups -OCH3 is 1. The number of aryl methyl sites for hydroxylation is 1. The van der Waals surface area contributed by atoms with Gasteiger partial charge in [0.05, 0.1) is 25.0 Å². The van der Waals surface area contributed by atoms with Crippen LogP contribution in [0.25, 0.3) is 16.9 Å². The lowest BCUT2D eigenvalue weighted by atomic mass is 10.0. The molecule has 0 saturated carbocycles. The van der Waals surface area contributed by atoms with Crippen LogP contribution in [0.15, 0.2) is 53.9 Å². The van der Waals surface area contributed by atoms with Crippen LogP contribution in [0.1, 0.15) is 36.2 Å². The van der Waals surface area contributed by atoms with E-state index in [0.29, 0.717) is 54.3 Å². The lowest BCUT2D eigenvalue weighted by molar-refractivity contribution is -0.123. The van der Waals surface area contributed by atoms with E-state index in [9.17, 15) is 18.4 Å². The molecule has 4 aromatic rings. The lowest BCUT2D eigenvalue weighted by Gasteiger charge is -2.17. The van der Waals surface area contributed by atoms with E-state index in [2.05, 4.69) is 30.9 Å². The van der Waals surface area contributed by atoms with E-state index in [-0.39, 0.29) is 54.5 Å². The maximum absolute atomic E-state index is 14.8. The van der Waals surface area contributed by atoms with Crippen LogP contribution in [0.5, 0.6) is 5.75 Å². The van der Waals surface area contributed by atoms with Crippen molar-refractivity contribution < 1.29 is 42.9 Å². The Morgan fingerprint density at radius 1 is 1.06 bits per heavy atom. The summed E-state index contributed by atoms with van der Waals surface area (Å²) in [6, 6.07) is 7.34. The number of rotatable bonds is 14. The molecule has 2 aromatic carbocycles. The lowest BCUT2D eigenvalue weighted by Crippen LogP contribution is -2.44. The Balaban J connectivity index is 0.00000146. The summed E-state index contributed by atoms with van der Waals surface area (Å²) in [7, 11) is 1.27. The highest BCUT2D eigenvalue weighted by Gasteiger charge is 2.20. The number of anilines is 2. The van der Waals surface area contributed by atoms with Gasteiger partial charge >= 0.3 is 0 Å². The Bertz CT molecular complexity index is 1850. The number of carbonyl (C=O) groups is 4. The first-order valence-corrected chi connectivity index (χ1v) is 15.6. The van der Waals surface area contributed by atoms with Gasteiger partial charge in [-0.3, -0.25) is 28.6 Å². The number of nitrogens with two attached hydrogens (primary N) is 3. The zero-order valence-corrected chi connectivity index (χ0v) is 28.7. The number of halogens is 2. The summed E-state index contributed by atoms with van der Waals surface area (Å²) in [5.74, 6) is -2.63. The van der Waals surface area contributed by atoms with E-state index >= 15 is 0 Å². The minimum absolute atomic E-state index is 0.0198. The number of carboxylic acid groups (broad SMARTS) is 2. The molecule has 0 unspecified atom stereocenters. The first kappa shape index (κ1) is 41.8. The number of benzene rings is 2. The van der Waals surface area contributed by atoms with Crippen molar-refractivity contribution >= 4 is 47.9 Å². The Hall–Kier alpha value is -6.37. The zero-order valence-electron chi connectivity index (χ0n) is 28.7. The van der Waals surface area contributed by atoms with Crippen LogP contribution >= 0.6 is 0 Å². The molecule has 0 aliphatic heterocycles. The van der Waals surface area contributed by atoms with E-state index in [1.165, 1.54) is 31.6 Å². The van der Waals surface area contributed by atoms with Gasteiger partial charge in [-0.2, -0.15) is 4.39 Å². The molecule has 2 aromatic heterocycles. The summed E-state index contributed by atoms with van der Waals surface area (Å²) < 4.78 is 35.7. The average molecular weight is 729 g/mol. The van der Waals surface area contributed by atoms with Gasteiger partial charge in [0.1, 0.15) is 0 Å². The van der Waals surface area contributed by atoms with Crippen molar-refractivity contribution in [2.45, 2.75) is 32.7 Å². The summed E-state index contributed by atoms with van der Waals surface area (Å²) in [6.07, 6.45) is 5.44.